The predicted octanol–water partition coefficient (Wildman–Crippen LogP) is 4.57. The topological polar surface area (TPSA) is 29.9 Å². The summed E-state index contributed by atoms with van der Waals surface area (Å²) in [5.41, 5.74) is 1.03. The van der Waals surface area contributed by atoms with Crippen LogP contribution in [0.4, 0.5) is 11.6 Å². The van der Waals surface area contributed by atoms with E-state index >= 15 is 0 Å². The molecule has 17 heavy (non-hydrogen) atoms. The number of hydrogen-bond donors (Lipinski definition) is 1. The number of nitrogens with one attached hydrogen (secondary N) is 1. The molecule has 0 aliphatic rings. The zero-order chi connectivity index (χ0) is 12.4. The molecule has 3 nitrogen and oxygen atoms in total. The van der Waals surface area contributed by atoms with Gasteiger partial charge in [-0.25, -0.2) is 4.98 Å². The van der Waals surface area contributed by atoms with Crippen molar-refractivity contribution in [2.24, 2.45) is 0 Å². The van der Waals surface area contributed by atoms with Gasteiger partial charge in [-0.1, -0.05) is 0 Å². The third kappa shape index (κ3) is 3.01. The Morgan fingerprint density at radius 1 is 1.41 bits per heavy atom. The predicted molar refractivity (Wildman–Crippen MR) is 82.8 cm³/mol. The third-order valence-corrected chi connectivity index (χ3v) is 3.73. The minimum absolute atomic E-state index is 0.391. The fourth-order valence-corrected chi connectivity index (χ4v) is 2.93. The van der Waals surface area contributed by atoms with Gasteiger partial charge in [0.15, 0.2) is 0 Å². The van der Waals surface area contributed by atoms with Crippen molar-refractivity contribution in [2.75, 3.05) is 5.32 Å². The maximum atomic E-state index is 4.33. The van der Waals surface area contributed by atoms with E-state index in [1.54, 1.807) is 0 Å². The van der Waals surface area contributed by atoms with Crippen LogP contribution in [0.1, 0.15) is 19.9 Å². The average molecular weight is 406 g/mol. The third-order valence-electron chi connectivity index (χ3n) is 2.40. The molecule has 1 aromatic heterocycles. The van der Waals surface area contributed by atoms with Gasteiger partial charge in [-0.05, 0) is 70.6 Å². The maximum Gasteiger partial charge on any atom is 0.207 e. The Bertz CT molecular complexity index is 522. The molecule has 1 N–H and O–H groups in total. The van der Waals surface area contributed by atoms with Gasteiger partial charge in [-0.2, -0.15) is 0 Å². The minimum atomic E-state index is 0.391. The van der Waals surface area contributed by atoms with Crippen LogP contribution in [0, 0.1) is 3.57 Å². The number of benzene rings is 1. The first-order valence-corrected chi connectivity index (χ1v) is 7.20. The summed E-state index contributed by atoms with van der Waals surface area (Å²) < 4.78 is 4.35. The van der Waals surface area contributed by atoms with Crippen LogP contribution in [0.2, 0.25) is 0 Å². The monoisotopic (exact) mass is 405 g/mol. The van der Waals surface area contributed by atoms with Gasteiger partial charge in [-0.15, -0.1) is 0 Å². The molecule has 0 fully saturated rings. The Morgan fingerprint density at radius 2 is 2.18 bits per heavy atom. The Hall–Kier alpha value is -0.560. The van der Waals surface area contributed by atoms with Gasteiger partial charge in [-0.3, -0.25) is 0 Å². The van der Waals surface area contributed by atoms with Crippen molar-refractivity contribution in [1.82, 2.24) is 9.55 Å². The molecule has 5 heteroatoms. The van der Waals surface area contributed by atoms with E-state index in [0.29, 0.717) is 6.04 Å². The highest BCUT2D eigenvalue weighted by molar-refractivity contribution is 14.1. The van der Waals surface area contributed by atoms with E-state index in [1.165, 1.54) is 3.57 Å². The van der Waals surface area contributed by atoms with Crippen molar-refractivity contribution in [3.63, 3.8) is 0 Å². The quantitative estimate of drug-likeness (QED) is 0.757. The molecule has 0 spiro atoms. The lowest BCUT2D eigenvalue weighted by Gasteiger charge is -2.13. The number of imidazole rings is 1. The minimum Gasteiger partial charge on any atom is -0.325 e. The SMILES string of the molecule is CC(C)n1ccnc1Nc1ccc(I)cc1Br. The van der Waals surface area contributed by atoms with Crippen LogP contribution in [0.5, 0.6) is 0 Å². The molecule has 0 saturated carbocycles. The number of hydrogen-bond acceptors (Lipinski definition) is 2. The first-order valence-electron chi connectivity index (χ1n) is 5.33. The standard InChI is InChI=1S/C12H13BrIN3/c1-8(2)17-6-5-15-12(17)16-11-4-3-9(14)7-10(11)13/h3-8H,1-2H3,(H,15,16). The number of rotatable bonds is 3. The summed E-state index contributed by atoms with van der Waals surface area (Å²) in [5, 5.41) is 3.33. The molecule has 1 aromatic carbocycles. The summed E-state index contributed by atoms with van der Waals surface area (Å²) in [6.45, 7) is 4.27. The van der Waals surface area contributed by atoms with Crippen LogP contribution in [0.3, 0.4) is 0 Å². The smallest absolute Gasteiger partial charge is 0.207 e. The average Bonchev–Trinajstić information content (AvgIpc) is 2.70. The fourth-order valence-electron chi connectivity index (χ4n) is 1.54. The van der Waals surface area contributed by atoms with E-state index in [1.807, 2.05) is 18.5 Å². The number of aromatic nitrogens is 2. The highest BCUT2D eigenvalue weighted by Crippen LogP contribution is 2.27. The highest BCUT2D eigenvalue weighted by atomic mass is 127. The first-order chi connectivity index (χ1) is 8.08. The van der Waals surface area contributed by atoms with Crippen molar-refractivity contribution in [1.29, 1.82) is 0 Å². The molecule has 0 aliphatic carbocycles. The van der Waals surface area contributed by atoms with Crippen molar-refractivity contribution >= 4 is 50.2 Å². The second-order valence-electron chi connectivity index (χ2n) is 4.00. The molecular weight excluding hydrogens is 393 g/mol. The van der Waals surface area contributed by atoms with Crippen LogP contribution in [0.25, 0.3) is 0 Å². The van der Waals surface area contributed by atoms with Crippen molar-refractivity contribution in [3.8, 4) is 0 Å². The molecule has 0 atom stereocenters. The summed E-state index contributed by atoms with van der Waals surface area (Å²) in [6.07, 6.45) is 3.79. The molecule has 0 unspecified atom stereocenters. The second-order valence-corrected chi connectivity index (χ2v) is 6.10. The highest BCUT2D eigenvalue weighted by Gasteiger charge is 2.07. The summed E-state index contributed by atoms with van der Waals surface area (Å²) in [5.74, 6) is 0.863. The first kappa shape index (κ1) is 12.9. The van der Waals surface area contributed by atoms with Crippen LogP contribution in [0.15, 0.2) is 35.1 Å². The van der Waals surface area contributed by atoms with Gasteiger partial charge < -0.3 is 9.88 Å². The van der Waals surface area contributed by atoms with Crippen LogP contribution in [-0.4, -0.2) is 9.55 Å². The number of halogens is 2. The van der Waals surface area contributed by atoms with E-state index in [-0.39, 0.29) is 0 Å². The Morgan fingerprint density at radius 3 is 2.82 bits per heavy atom. The van der Waals surface area contributed by atoms with Crippen molar-refractivity contribution in [2.45, 2.75) is 19.9 Å². The summed E-state index contributed by atoms with van der Waals surface area (Å²) in [4.78, 5) is 4.33. The second kappa shape index (κ2) is 5.39. The van der Waals surface area contributed by atoms with E-state index in [2.05, 4.69) is 79.4 Å². The van der Waals surface area contributed by atoms with Crippen LogP contribution in [-0.2, 0) is 0 Å². The van der Waals surface area contributed by atoms with E-state index in [4.69, 9.17) is 0 Å². The van der Waals surface area contributed by atoms with Gasteiger partial charge in [0.1, 0.15) is 0 Å². The van der Waals surface area contributed by atoms with Crippen LogP contribution < -0.4 is 5.32 Å². The number of anilines is 2. The van der Waals surface area contributed by atoms with E-state index in [0.717, 1.165) is 16.1 Å². The Kier molecular flexibility index (Phi) is 4.09. The maximum absolute atomic E-state index is 4.33. The number of nitrogens with zero attached hydrogens (tertiary/aromatic N) is 2. The van der Waals surface area contributed by atoms with Crippen LogP contribution >= 0.6 is 38.5 Å². The molecule has 2 aromatic rings. The summed E-state index contributed by atoms with van der Waals surface area (Å²) >= 11 is 5.84. The Labute approximate surface area is 123 Å². The molecule has 90 valence electrons. The van der Waals surface area contributed by atoms with E-state index in [9.17, 15) is 0 Å². The molecule has 1 heterocycles. The molecule has 0 radical (unpaired) electrons. The molecule has 0 saturated heterocycles. The normalized spacial score (nSPS) is 10.9. The summed E-state index contributed by atoms with van der Waals surface area (Å²) in [6, 6.07) is 6.58. The molecular formula is C12H13BrIN3. The molecule has 0 amide bonds. The summed E-state index contributed by atoms with van der Waals surface area (Å²) in [7, 11) is 0. The van der Waals surface area contributed by atoms with Gasteiger partial charge in [0, 0.05) is 26.5 Å². The van der Waals surface area contributed by atoms with E-state index < -0.39 is 0 Å². The van der Waals surface area contributed by atoms with Gasteiger partial charge >= 0.3 is 0 Å². The van der Waals surface area contributed by atoms with Crippen molar-refractivity contribution in [3.05, 3.63) is 38.6 Å². The Balaban J connectivity index is 2.28. The van der Waals surface area contributed by atoms with Crippen molar-refractivity contribution < 1.29 is 0 Å². The molecule has 2 rings (SSSR count). The van der Waals surface area contributed by atoms with Gasteiger partial charge in [0.05, 0.1) is 5.69 Å². The fraction of sp³-hybridized carbons (Fsp3) is 0.250. The lowest BCUT2D eigenvalue weighted by molar-refractivity contribution is 0.608. The van der Waals surface area contributed by atoms with Gasteiger partial charge in [0.25, 0.3) is 0 Å². The zero-order valence-corrected chi connectivity index (χ0v) is 13.4. The zero-order valence-electron chi connectivity index (χ0n) is 9.61. The molecule has 0 bridgehead atoms. The molecule has 0 aliphatic heterocycles. The van der Waals surface area contributed by atoms with Gasteiger partial charge in [0.2, 0.25) is 5.95 Å². The lowest BCUT2D eigenvalue weighted by atomic mass is 10.3. The largest absolute Gasteiger partial charge is 0.325 e. The lowest BCUT2D eigenvalue weighted by Crippen LogP contribution is -2.05.